The number of carbonyl (C=O) groups excluding carboxylic acids is 1. The normalized spacial score (nSPS) is 10.6. The number of aryl methyl sites for hydroxylation is 1. The van der Waals surface area contributed by atoms with Crippen LogP contribution in [0.1, 0.15) is 29.5 Å². The predicted molar refractivity (Wildman–Crippen MR) is 81.3 cm³/mol. The fraction of sp³-hybridized carbons (Fsp3) is 0.375. The second-order valence-electron chi connectivity index (χ2n) is 5.08. The molecule has 0 aliphatic heterocycles. The van der Waals surface area contributed by atoms with Gasteiger partial charge in [-0.15, -0.1) is 0 Å². The predicted octanol–water partition coefficient (Wildman–Crippen LogP) is 2.78. The van der Waals surface area contributed by atoms with Gasteiger partial charge in [-0.25, -0.2) is 4.98 Å². The fourth-order valence-corrected chi connectivity index (χ4v) is 2.14. The van der Waals surface area contributed by atoms with Crippen LogP contribution >= 0.6 is 0 Å². The molecule has 0 spiro atoms. The molecule has 0 radical (unpaired) electrons. The molecule has 1 heterocycles. The molecule has 0 bridgehead atoms. The number of anilines is 1. The molecule has 0 unspecified atom stereocenters. The van der Waals surface area contributed by atoms with Crippen molar-refractivity contribution in [3.63, 3.8) is 0 Å². The van der Waals surface area contributed by atoms with E-state index in [1.807, 2.05) is 54.0 Å². The Hall–Kier alpha value is -2.10. The highest BCUT2D eigenvalue weighted by Gasteiger charge is 2.11. The van der Waals surface area contributed by atoms with Crippen molar-refractivity contribution in [2.24, 2.45) is 0 Å². The first kappa shape index (κ1) is 14.3. The van der Waals surface area contributed by atoms with E-state index < -0.39 is 0 Å². The van der Waals surface area contributed by atoms with Crippen LogP contribution in [0.15, 0.2) is 36.7 Å². The maximum atomic E-state index is 12.3. The summed E-state index contributed by atoms with van der Waals surface area (Å²) in [6.07, 6.45) is 5.08. The highest BCUT2D eigenvalue weighted by atomic mass is 16.1. The first-order chi connectivity index (χ1) is 9.61. The Bertz CT molecular complexity index is 570. The number of imidazole rings is 1. The second kappa shape index (κ2) is 6.37. The van der Waals surface area contributed by atoms with E-state index in [1.165, 1.54) is 0 Å². The molecule has 4 heteroatoms. The van der Waals surface area contributed by atoms with E-state index in [2.05, 4.69) is 11.9 Å². The molecule has 0 fully saturated rings. The summed E-state index contributed by atoms with van der Waals surface area (Å²) in [5, 5.41) is 0. The number of ketones is 1. The molecular weight excluding hydrogens is 250 g/mol. The van der Waals surface area contributed by atoms with E-state index >= 15 is 0 Å². The summed E-state index contributed by atoms with van der Waals surface area (Å²) in [5.74, 6) is 0.951. The number of hydrogen-bond donors (Lipinski definition) is 0. The van der Waals surface area contributed by atoms with E-state index in [4.69, 9.17) is 0 Å². The molecule has 0 N–H and O–H groups in total. The van der Waals surface area contributed by atoms with E-state index in [-0.39, 0.29) is 5.78 Å². The van der Waals surface area contributed by atoms with E-state index in [0.29, 0.717) is 6.42 Å². The van der Waals surface area contributed by atoms with Crippen LogP contribution in [0, 0.1) is 0 Å². The SMILES string of the molecule is CCCn1ccnc1CC(=O)c1ccc(N(C)C)cc1. The average molecular weight is 271 g/mol. The monoisotopic (exact) mass is 271 g/mol. The van der Waals surface area contributed by atoms with Crippen LogP contribution in [-0.4, -0.2) is 29.4 Å². The van der Waals surface area contributed by atoms with Crippen molar-refractivity contribution in [3.05, 3.63) is 48.0 Å². The Morgan fingerprint density at radius 1 is 1.25 bits per heavy atom. The van der Waals surface area contributed by atoms with Crippen LogP contribution < -0.4 is 4.90 Å². The molecule has 2 rings (SSSR count). The van der Waals surface area contributed by atoms with E-state index in [1.54, 1.807) is 6.20 Å². The van der Waals surface area contributed by atoms with Crippen molar-refractivity contribution in [3.8, 4) is 0 Å². The van der Waals surface area contributed by atoms with Crippen molar-refractivity contribution in [1.82, 2.24) is 9.55 Å². The number of aromatic nitrogens is 2. The highest BCUT2D eigenvalue weighted by molar-refractivity contribution is 5.97. The highest BCUT2D eigenvalue weighted by Crippen LogP contribution is 2.14. The topological polar surface area (TPSA) is 38.1 Å². The maximum absolute atomic E-state index is 12.3. The van der Waals surface area contributed by atoms with Gasteiger partial charge in [-0.3, -0.25) is 4.79 Å². The Kier molecular flexibility index (Phi) is 4.56. The van der Waals surface area contributed by atoms with Gasteiger partial charge in [0.2, 0.25) is 0 Å². The van der Waals surface area contributed by atoms with Gasteiger partial charge in [0, 0.05) is 44.3 Å². The third kappa shape index (κ3) is 3.26. The number of benzene rings is 1. The zero-order valence-corrected chi connectivity index (χ0v) is 12.3. The smallest absolute Gasteiger partial charge is 0.170 e. The number of hydrogen-bond acceptors (Lipinski definition) is 3. The van der Waals surface area contributed by atoms with Crippen molar-refractivity contribution in [1.29, 1.82) is 0 Å². The molecular formula is C16H21N3O. The Balaban J connectivity index is 2.09. The minimum absolute atomic E-state index is 0.110. The quantitative estimate of drug-likeness (QED) is 0.758. The minimum atomic E-state index is 0.110. The van der Waals surface area contributed by atoms with Gasteiger partial charge < -0.3 is 9.47 Å². The standard InChI is InChI=1S/C16H21N3O/c1-4-10-19-11-9-17-16(19)12-15(20)13-5-7-14(8-6-13)18(2)3/h5-9,11H,4,10,12H2,1-3H3. The molecule has 1 aromatic carbocycles. The molecule has 20 heavy (non-hydrogen) atoms. The van der Waals surface area contributed by atoms with Crippen LogP contribution in [0.2, 0.25) is 0 Å². The largest absolute Gasteiger partial charge is 0.378 e. The third-order valence-electron chi connectivity index (χ3n) is 3.29. The Morgan fingerprint density at radius 3 is 2.55 bits per heavy atom. The van der Waals surface area contributed by atoms with Crippen LogP contribution in [0.3, 0.4) is 0 Å². The number of rotatable bonds is 6. The lowest BCUT2D eigenvalue weighted by Crippen LogP contribution is -2.11. The van der Waals surface area contributed by atoms with Crippen LogP contribution in [-0.2, 0) is 13.0 Å². The van der Waals surface area contributed by atoms with Crippen molar-refractivity contribution < 1.29 is 4.79 Å². The molecule has 0 saturated heterocycles. The first-order valence-corrected chi connectivity index (χ1v) is 6.92. The Morgan fingerprint density at radius 2 is 1.95 bits per heavy atom. The third-order valence-corrected chi connectivity index (χ3v) is 3.29. The van der Waals surface area contributed by atoms with E-state index in [0.717, 1.165) is 30.0 Å². The molecule has 106 valence electrons. The fourth-order valence-electron chi connectivity index (χ4n) is 2.14. The number of carbonyl (C=O) groups is 1. The van der Waals surface area contributed by atoms with Crippen molar-refractivity contribution in [2.45, 2.75) is 26.3 Å². The van der Waals surface area contributed by atoms with E-state index in [9.17, 15) is 4.79 Å². The first-order valence-electron chi connectivity index (χ1n) is 6.92. The van der Waals surface area contributed by atoms with Gasteiger partial charge in [0.25, 0.3) is 0 Å². The summed E-state index contributed by atoms with van der Waals surface area (Å²) < 4.78 is 2.05. The summed E-state index contributed by atoms with van der Waals surface area (Å²) in [6.45, 7) is 3.02. The molecule has 0 aliphatic rings. The average Bonchev–Trinajstić information content (AvgIpc) is 2.86. The lowest BCUT2D eigenvalue weighted by molar-refractivity contribution is 0.0989. The molecule has 4 nitrogen and oxygen atoms in total. The van der Waals surface area contributed by atoms with Crippen LogP contribution in [0.5, 0.6) is 0 Å². The molecule has 1 aromatic heterocycles. The maximum Gasteiger partial charge on any atom is 0.170 e. The van der Waals surface area contributed by atoms with Gasteiger partial charge in [0.15, 0.2) is 5.78 Å². The number of Topliss-reactive ketones (excluding diaryl/α,β-unsaturated/α-hetero) is 1. The molecule has 0 aliphatic carbocycles. The van der Waals surface area contributed by atoms with Gasteiger partial charge in [0.05, 0.1) is 6.42 Å². The van der Waals surface area contributed by atoms with Crippen LogP contribution in [0.25, 0.3) is 0 Å². The molecule has 2 aromatic rings. The molecule has 0 amide bonds. The number of nitrogens with zero attached hydrogens (tertiary/aromatic N) is 3. The summed E-state index contributed by atoms with van der Waals surface area (Å²) in [7, 11) is 3.97. The molecule has 0 atom stereocenters. The lowest BCUT2D eigenvalue weighted by Gasteiger charge is -2.12. The van der Waals surface area contributed by atoms with Gasteiger partial charge in [-0.1, -0.05) is 6.92 Å². The Labute approximate surface area is 120 Å². The minimum Gasteiger partial charge on any atom is -0.378 e. The van der Waals surface area contributed by atoms with Gasteiger partial charge >= 0.3 is 0 Å². The summed E-state index contributed by atoms with van der Waals surface area (Å²) >= 11 is 0. The van der Waals surface area contributed by atoms with Crippen molar-refractivity contribution in [2.75, 3.05) is 19.0 Å². The summed E-state index contributed by atoms with van der Waals surface area (Å²) in [6, 6.07) is 7.69. The summed E-state index contributed by atoms with van der Waals surface area (Å²) in [4.78, 5) is 18.6. The van der Waals surface area contributed by atoms with Crippen molar-refractivity contribution >= 4 is 11.5 Å². The van der Waals surface area contributed by atoms with Gasteiger partial charge in [-0.05, 0) is 30.7 Å². The van der Waals surface area contributed by atoms with Gasteiger partial charge in [0.1, 0.15) is 5.82 Å². The zero-order valence-electron chi connectivity index (χ0n) is 12.3. The van der Waals surface area contributed by atoms with Crippen LogP contribution in [0.4, 0.5) is 5.69 Å². The molecule has 0 saturated carbocycles. The van der Waals surface area contributed by atoms with Gasteiger partial charge in [-0.2, -0.15) is 0 Å². The zero-order chi connectivity index (χ0) is 14.5. The second-order valence-corrected chi connectivity index (χ2v) is 5.08. The lowest BCUT2D eigenvalue weighted by atomic mass is 10.1. The summed E-state index contributed by atoms with van der Waals surface area (Å²) in [5.41, 5.74) is 1.83.